The number of allylic oxidation sites excluding steroid dienone is 1. The van der Waals surface area contributed by atoms with Gasteiger partial charge in [0.05, 0.1) is 21.3 Å². The van der Waals surface area contributed by atoms with Crippen LogP contribution in [0.4, 0.5) is 18.9 Å². The minimum Gasteiger partial charge on any atom is -0.256 e. The number of nitrogens with zero attached hydrogens (tertiary/aromatic N) is 1. The fraction of sp³-hybridized carbons (Fsp3) is 0.0625. The van der Waals surface area contributed by atoms with Gasteiger partial charge in [0.2, 0.25) is 0 Å². The van der Waals surface area contributed by atoms with E-state index in [1.807, 2.05) is 0 Å². The zero-order valence-corrected chi connectivity index (χ0v) is 12.7. The Morgan fingerprint density at radius 2 is 1.73 bits per heavy atom. The second kappa shape index (κ2) is 6.55. The summed E-state index contributed by atoms with van der Waals surface area (Å²) in [5.74, 6) is 0. The largest absolute Gasteiger partial charge is 0.416 e. The van der Waals surface area contributed by atoms with E-state index in [-0.39, 0.29) is 11.3 Å². The van der Waals surface area contributed by atoms with Crippen molar-refractivity contribution in [3.8, 4) is 0 Å². The van der Waals surface area contributed by atoms with Gasteiger partial charge in [-0.05, 0) is 23.8 Å². The van der Waals surface area contributed by atoms with Crippen LogP contribution in [0.1, 0.15) is 11.1 Å². The van der Waals surface area contributed by atoms with Gasteiger partial charge in [0.1, 0.15) is 0 Å². The van der Waals surface area contributed by atoms with Crippen molar-refractivity contribution >= 4 is 40.7 Å². The van der Waals surface area contributed by atoms with Crippen molar-refractivity contribution in [1.82, 2.24) is 0 Å². The Hall–Kier alpha value is -1.78. The van der Waals surface area contributed by atoms with Crippen LogP contribution in [0.3, 0.4) is 0 Å². The molecule has 6 heteroatoms. The zero-order chi connectivity index (χ0) is 16.3. The highest BCUT2D eigenvalue weighted by atomic mass is 35.5. The Morgan fingerprint density at radius 3 is 2.36 bits per heavy atom. The van der Waals surface area contributed by atoms with Gasteiger partial charge >= 0.3 is 6.18 Å². The van der Waals surface area contributed by atoms with Crippen LogP contribution in [0.15, 0.2) is 54.0 Å². The molecule has 0 spiro atoms. The standard InChI is InChI=1S/C16H10Cl2F3N/c1-10(16(19,20)21)12-4-2-3-5-15(12)22-9-11-6-7-13(17)14(18)8-11/h2-9H,1H2. The van der Waals surface area contributed by atoms with Crippen molar-refractivity contribution in [3.63, 3.8) is 0 Å². The highest BCUT2D eigenvalue weighted by Gasteiger charge is 2.33. The topological polar surface area (TPSA) is 12.4 Å². The van der Waals surface area contributed by atoms with Gasteiger partial charge in [-0.1, -0.05) is 54.0 Å². The molecule has 114 valence electrons. The van der Waals surface area contributed by atoms with Gasteiger partial charge in [-0.25, -0.2) is 0 Å². The summed E-state index contributed by atoms with van der Waals surface area (Å²) < 4.78 is 38.4. The van der Waals surface area contributed by atoms with Crippen LogP contribution in [0.25, 0.3) is 5.57 Å². The highest BCUT2D eigenvalue weighted by Crippen LogP contribution is 2.36. The molecule has 0 fully saturated rings. The van der Waals surface area contributed by atoms with Crippen LogP contribution in [0.2, 0.25) is 10.0 Å². The molecule has 0 aliphatic heterocycles. The zero-order valence-electron chi connectivity index (χ0n) is 11.2. The smallest absolute Gasteiger partial charge is 0.256 e. The number of hydrogen-bond acceptors (Lipinski definition) is 1. The molecule has 0 N–H and O–H groups in total. The first-order valence-corrected chi connectivity index (χ1v) is 6.89. The molecule has 0 aromatic heterocycles. The van der Waals surface area contributed by atoms with Crippen molar-refractivity contribution in [3.05, 3.63) is 70.2 Å². The van der Waals surface area contributed by atoms with E-state index >= 15 is 0 Å². The van der Waals surface area contributed by atoms with Crippen molar-refractivity contribution in [2.45, 2.75) is 6.18 Å². The first-order chi connectivity index (χ1) is 10.3. The summed E-state index contributed by atoms with van der Waals surface area (Å²) in [6.45, 7) is 3.10. The van der Waals surface area contributed by atoms with Gasteiger partial charge in [0.15, 0.2) is 0 Å². The molecule has 22 heavy (non-hydrogen) atoms. The third-order valence-electron chi connectivity index (χ3n) is 2.87. The summed E-state index contributed by atoms with van der Waals surface area (Å²) in [6.07, 6.45) is -3.08. The maximum absolute atomic E-state index is 12.8. The number of hydrogen-bond donors (Lipinski definition) is 0. The van der Waals surface area contributed by atoms with Crippen molar-refractivity contribution in [2.24, 2.45) is 4.99 Å². The molecule has 0 amide bonds. The van der Waals surface area contributed by atoms with Gasteiger partial charge in [0.25, 0.3) is 0 Å². The molecule has 0 aliphatic rings. The summed E-state index contributed by atoms with van der Waals surface area (Å²) in [5, 5.41) is 0.739. The van der Waals surface area contributed by atoms with Crippen LogP contribution in [0.5, 0.6) is 0 Å². The van der Waals surface area contributed by atoms with Gasteiger partial charge in [0, 0.05) is 11.8 Å². The van der Waals surface area contributed by atoms with E-state index in [0.717, 1.165) is 0 Å². The fourth-order valence-electron chi connectivity index (χ4n) is 1.73. The van der Waals surface area contributed by atoms with Crippen molar-refractivity contribution < 1.29 is 13.2 Å². The molecule has 0 atom stereocenters. The lowest BCUT2D eigenvalue weighted by molar-refractivity contribution is -0.0686. The van der Waals surface area contributed by atoms with E-state index in [1.165, 1.54) is 24.4 Å². The van der Waals surface area contributed by atoms with Crippen LogP contribution >= 0.6 is 23.2 Å². The van der Waals surface area contributed by atoms with E-state index < -0.39 is 11.7 Å². The average molecular weight is 344 g/mol. The van der Waals surface area contributed by atoms with E-state index in [9.17, 15) is 13.2 Å². The van der Waals surface area contributed by atoms with E-state index in [4.69, 9.17) is 23.2 Å². The Balaban J connectivity index is 2.36. The highest BCUT2D eigenvalue weighted by molar-refractivity contribution is 6.42. The van der Waals surface area contributed by atoms with Crippen molar-refractivity contribution in [2.75, 3.05) is 0 Å². The Morgan fingerprint density at radius 1 is 1.05 bits per heavy atom. The fourth-order valence-corrected chi connectivity index (χ4v) is 2.04. The number of alkyl halides is 3. The Labute approximate surface area is 135 Å². The summed E-state index contributed by atoms with van der Waals surface area (Å²) in [6, 6.07) is 10.8. The second-order valence-corrected chi connectivity index (χ2v) is 5.24. The van der Waals surface area contributed by atoms with Crippen LogP contribution in [-0.2, 0) is 0 Å². The molecule has 2 rings (SSSR count). The van der Waals surface area contributed by atoms with E-state index in [1.54, 1.807) is 24.3 Å². The molecule has 0 unspecified atom stereocenters. The van der Waals surface area contributed by atoms with Gasteiger partial charge in [-0.15, -0.1) is 0 Å². The molecule has 0 saturated carbocycles. The Kier molecular flexibility index (Phi) is 4.94. The van der Waals surface area contributed by atoms with Crippen LogP contribution in [0, 0.1) is 0 Å². The number of benzene rings is 2. The van der Waals surface area contributed by atoms with Crippen molar-refractivity contribution in [1.29, 1.82) is 0 Å². The van der Waals surface area contributed by atoms with Crippen LogP contribution < -0.4 is 0 Å². The van der Waals surface area contributed by atoms with Gasteiger partial charge < -0.3 is 0 Å². The normalized spacial score (nSPS) is 11.9. The maximum Gasteiger partial charge on any atom is 0.416 e. The Bertz CT molecular complexity index is 736. The minimum absolute atomic E-state index is 0.0636. The lowest BCUT2D eigenvalue weighted by Crippen LogP contribution is -2.09. The lowest BCUT2D eigenvalue weighted by atomic mass is 10.1. The predicted octanol–water partition coefficient (Wildman–Crippen LogP) is 6.32. The summed E-state index contributed by atoms with van der Waals surface area (Å²) >= 11 is 11.7. The molecule has 2 aromatic rings. The molecular formula is C16H10Cl2F3N. The molecule has 0 saturated heterocycles. The molecule has 0 heterocycles. The van der Waals surface area contributed by atoms with E-state index in [0.29, 0.717) is 15.6 Å². The van der Waals surface area contributed by atoms with Crippen LogP contribution in [-0.4, -0.2) is 12.4 Å². The average Bonchev–Trinajstić information content (AvgIpc) is 2.47. The third-order valence-corrected chi connectivity index (χ3v) is 3.61. The van der Waals surface area contributed by atoms with Gasteiger partial charge in [-0.3, -0.25) is 4.99 Å². The lowest BCUT2D eigenvalue weighted by Gasteiger charge is -2.12. The maximum atomic E-state index is 12.8. The summed E-state index contributed by atoms with van der Waals surface area (Å²) in [7, 11) is 0. The molecule has 1 nitrogen and oxygen atoms in total. The minimum atomic E-state index is -4.50. The number of halogens is 5. The number of para-hydroxylation sites is 1. The quantitative estimate of drug-likeness (QED) is 0.578. The third kappa shape index (κ3) is 3.90. The van der Waals surface area contributed by atoms with Gasteiger partial charge in [-0.2, -0.15) is 13.2 Å². The van der Waals surface area contributed by atoms with E-state index in [2.05, 4.69) is 11.6 Å². The molecule has 0 aliphatic carbocycles. The molecule has 0 radical (unpaired) electrons. The number of rotatable bonds is 3. The predicted molar refractivity (Wildman–Crippen MR) is 85.2 cm³/mol. The second-order valence-electron chi connectivity index (χ2n) is 4.43. The SMILES string of the molecule is C=C(c1ccccc1N=Cc1ccc(Cl)c(Cl)c1)C(F)(F)F. The molecule has 0 bridgehead atoms. The monoisotopic (exact) mass is 343 g/mol. The summed E-state index contributed by atoms with van der Waals surface area (Å²) in [5.41, 5.74) is -0.196. The number of aliphatic imine (C=N–C) groups is 1. The molecule has 2 aromatic carbocycles. The molecular weight excluding hydrogens is 334 g/mol. The first kappa shape index (κ1) is 16.6. The first-order valence-electron chi connectivity index (χ1n) is 6.13. The summed E-state index contributed by atoms with van der Waals surface area (Å²) in [4.78, 5) is 4.09.